The van der Waals surface area contributed by atoms with Gasteiger partial charge in [-0.2, -0.15) is 0 Å². The van der Waals surface area contributed by atoms with E-state index in [2.05, 4.69) is 15.6 Å². The highest BCUT2D eigenvalue weighted by atomic mass is 16.4. The Bertz CT molecular complexity index is 1350. The van der Waals surface area contributed by atoms with Gasteiger partial charge in [-0.05, 0) is 57.2 Å². The van der Waals surface area contributed by atoms with E-state index in [4.69, 9.17) is 4.42 Å². The Morgan fingerprint density at radius 1 is 0.647 bits per heavy atom. The highest BCUT2D eigenvalue weighted by molar-refractivity contribution is 6.13. The van der Waals surface area contributed by atoms with Gasteiger partial charge in [0.1, 0.15) is 0 Å². The van der Waals surface area contributed by atoms with Gasteiger partial charge in [0.2, 0.25) is 11.8 Å². The first kappa shape index (κ1) is 22.7. The maximum atomic E-state index is 13.0. The number of imide groups is 1. The number of carbonyl (C=O) groups is 3. The number of carbonyl (C=O) groups excluding carboxylic acids is 3. The van der Waals surface area contributed by atoms with Gasteiger partial charge < -0.3 is 4.42 Å². The Kier molecular flexibility index (Phi) is 6.36. The van der Waals surface area contributed by atoms with E-state index in [0.717, 1.165) is 16.7 Å². The summed E-state index contributed by atoms with van der Waals surface area (Å²) >= 11 is 0. The molecule has 0 bridgehead atoms. The minimum absolute atomic E-state index is 0.143. The molecule has 0 atom stereocenters. The lowest BCUT2D eigenvalue weighted by Crippen LogP contribution is -2.31. The quantitative estimate of drug-likeness (QED) is 0.410. The van der Waals surface area contributed by atoms with Crippen molar-refractivity contribution in [3.8, 4) is 11.5 Å². The number of amides is 3. The molecule has 34 heavy (non-hydrogen) atoms. The Labute approximate surface area is 196 Å². The molecule has 0 saturated heterocycles. The number of nitrogens with zero attached hydrogens (tertiary/aromatic N) is 1. The molecule has 3 aromatic carbocycles. The first-order valence-electron chi connectivity index (χ1n) is 10.7. The van der Waals surface area contributed by atoms with Crippen molar-refractivity contribution in [2.45, 2.75) is 20.8 Å². The van der Waals surface area contributed by atoms with Crippen molar-refractivity contribution in [2.75, 3.05) is 5.32 Å². The third-order valence-electron chi connectivity index (χ3n) is 5.22. The second-order valence-corrected chi connectivity index (χ2v) is 8.03. The minimum Gasteiger partial charge on any atom is -0.419 e. The third-order valence-corrected chi connectivity index (χ3v) is 5.22. The standard InChI is InChI=1S/C27H23N3O4/c1-16-4-10-19(11-5-16)23(31)29-25(33)22-27(30-24(32)20-12-6-17(2)7-13-20)34-26(28-22)21-14-8-18(3)9-15-21/h4-15H,1-3H3,(H,30,32)(H,29,31,33). The van der Waals surface area contributed by atoms with Crippen molar-refractivity contribution in [3.05, 3.63) is 106 Å². The molecular formula is C27H23N3O4. The molecule has 1 aromatic heterocycles. The molecule has 4 aromatic rings. The van der Waals surface area contributed by atoms with Gasteiger partial charge in [-0.25, -0.2) is 4.98 Å². The molecule has 170 valence electrons. The highest BCUT2D eigenvalue weighted by Gasteiger charge is 2.25. The Morgan fingerprint density at radius 2 is 1.12 bits per heavy atom. The van der Waals surface area contributed by atoms with Crippen molar-refractivity contribution >= 4 is 23.6 Å². The van der Waals surface area contributed by atoms with Gasteiger partial charge in [-0.3, -0.25) is 25.0 Å². The van der Waals surface area contributed by atoms with Gasteiger partial charge in [0.25, 0.3) is 17.7 Å². The fourth-order valence-corrected chi connectivity index (χ4v) is 3.20. The van der Waals surface area contributed by atoms with Crippen LogP contribution in [0.25, 0.3) is 11.5 Å². The average Bonchev–Trinajstić information content (AvgIpc) is 3.24. The number of rotatable bonds is 5. The number of oxazole rings is 1. The van der Waals surface area contributed by atoms with Gasteiger partial charge in [-0.1, -0.05) is 53.1 Å². The largest absolute Gasteiger partial charge is 0.419 e. The fourth-order valence-electron chi connectivity index (χ4n) is 3.20. The molecule has 0 radical (unpaired) electrons. The Balaban J connectivity index is 1.64. The van der Waals surface area contributed by atoms with Crippen molar-refractivity contribution in [3.63, 3.8) is 0 Å². The van der Waals surface area contributed by atoms with Crippen LogP contribution in [0.3, 0.4) is 0 Å². The van der Waals surface area contributed by atoms with Crippen LogP contribution in [0.4, 0.5) is 5.88 Å². The number of hydrogen-bond acceptors (Lipinski definition) is 5. The molecular weight excluding hydrogens is 430 g/mol. The SMILES string of the molecule is Cc1ccc(C(=O)NC(=O)c2nc(-c3ccc(C)cc3)oc2NC(=O)c2ccc(C)cc2)cc1. The van der Waals surface area contributed by atoms with Crippen molar-refractivity contribution in [1.82, 2.24) is 10.3 Å². The zero-order chi connectivity index (χ0) is 24.2. The lowest BCUT2D eigenvalue weighted by atomic mass is 10.1. The monoisotopic (exact) mass is 453 g/mol. The summed E-state index contributed by atoms with van der Waals surface area (Å²) in [5, 5.41) is 4.92. The normalized spacial score (nSPS) is 10.6. The van der Waals surface area contributed by atoms with Crippen LogP contribution < -0.4 is 10.6 Å². The predicted octanol–water partition coefficient (Wildman–Crippen LogP) is 5.09. The number of benzene rings is 3. The average molecular weight is 453 g/mol. The molecule has 3 amide bonds. The Hall–Kier alpha value is -4.52. The summed E-state index contributed by atoms with van der Waals surface area (Å²) in [5.74, 6) is -1.83. The van der Waals surface area contributed by atoms with E-state index >= 15 is 0 Å². The second-order valence-electron chi connectivity index (χ2n) is 8.03. The van der Waals surface area contributed by atoms with Crippen LogP contribution in [0.5, 0.6) is 0 Å². The van der Waals surface area contributed by atoms with E-state index in [1.807, 2.05) is 32.9 Å². The smallest absolute Gasteiger partial charge is 0.282 e. The summed E-state index contributed by atoms with van der Waals surface area (Å²) < 4.78 is 5.77. The van der Waals surface area contributed by atoms with Crippen LogP contribution in [0.15, 0.2) is 77.2 Å². The minimum atomic E-state index is -0.785. The Morgan fingerprint density at radius 3 is 1.65 bits per heavy atom. The molecule has 0 saturated carbocycles. The molecule has 7 heteroatoms. The van der Waals surface area contributed by atoms with Crippen LogP contribution in [0.2, 0.25) is 0 Å². The predicted molar refractivity (Wildman–Crippen MR) is 129 cm³/mol. The zero-order valence-electron chi connectivity index (χ0n) is 19.0. The van der Waals surface area contributed by atoms with Crippen LogP contribution in [0, 0.1) is 20.8 Å². The number of aryl methyl sites for hydroxylation is 3. The summed E-state index contributed by atoms with van der Waals surface area (Å²) in [6.45, 7) is 5.76. The van der Waals surface area contributed by atoms with Gasteiger partial charge in [0.05, 0.1) is 0 Å². The molecule has 0 aliphatic rings. The molecule has 0 aliphatic carbocycles. The summed E-state index contributed by atoms with van der Waals surface area (Å²) in [7, 11) is 0. The van der Waals surface area contributed by atoms with Gasteiger partial charge in [-0.15, -0.1) is 0 Å². The molecule has 0 unspecified atom stereocenters. The fraction of sp³-hybridized carbons (Fsp3) is 0.111. The molecule has 0 aliphatic heterocycles. The number of hydrogen-bond donors (Lipinski definition) is 2. The number of anilines is 1. The molecule has 0 fully saturated rings. The van der Waals surface area contributed by atoms with E-state index in [1.165, 1.54) is 0 Å². The van der Waals surface area contributed by atoms with Gasteiger partial charge in [0.15, 0.2) is 5.69 Å². The van der Waals surface area contributed by atoms with E-state index in [0.29, 0.717) is 16.7 Å². The van der Waals surface area contributed by atoms with E-state index in [-0.39, 0.29) is 17.5 Å². The van der Waals surface area contributed by atoms with Gasteiger partial charge in [0, 0.05) is 16.7 Å². The first-order valence-corrected chi connectivity index (χ1v) is 10.7. The van der Waals surface area contributed by atoms with E-state index in [9.17, 15) is 14.4 Å². The lowest BCUT2D eigenvalue weighted by molar-refractivity contribution is 0.0847. The lowest BCUT2D eigenvalue weighted by Gasteiger charge is -2.06. The zero-order valence-corrected chi connectivity index (χ0v) is 19.0. The van der Waals surface area contributed by atoms with Gasteiger partial charge >= 0.3 is 0 Å². The molecule has 0 spiro atoms. The van der Waals surface area contributed by atoms with Crippen LogP contribution >= 0.6 is 0 Å². The van der Waals surface area contributed by atoms with E-state index < -0.39 is 17.7 Å². The molecule has 1 heterocycles. The summed E-state index contributed by atoms with van der Waals surface area (Å²) in [6, 6.07) is 21.1. The molecule has 4 rings (SSSR count). The van der Waals surface area contributed by atoms with Crippen molar-refractivity contribution < 1.29 is 18.8 Å². The van der Waals surface area contributed by atoms with Crippen LogP contribution in [-0.2, 0) is 0 Å². The number of aromatic nitrogens is 1. The van der Waals surface area contributed by atoms with Crippen LogP contribution in [-0.4, -0.2) is 22.7 Å². The van der Waals surface area contributed by atoms with Crippen molar-refractivity contribution in [2.24, 2.45) is 0 Å². The summed E-state index contributed by atoms with van der Waals surface area (Å²) in [4.78, 5) is 42.6. The molecule has 7 nitrogen and oxygen atoms in total. The highest BCUT2D eigenvalue weighted by Crippen LogP contribution is 2.26. The topological polar surface area (TPSA) is 101 Å². The third kappa shape index (κ3) is 5.10. The van der Waals surface area contributed by atoms with Crippen LogP contribution in [0.1, 0.15) is 47.9 Å². The summed E-state index contributed by atoms with van der Waals surface area (Å²) in [5.41, 5.74) is 4.19. The molecule has 2 N–H and O–H groups in total. The maximum absolute atomic E-state index is 13.0. The first-order chi connectivity index (χ1) is 16.3. The van der Waals surface area contributed by atoms with Crippen molar-refractivity contribution in [1.29, 1.82) is 0 Å². The van der Waals surface area contributed by atoms with E-state index in [1.54, 1.807) is 60.7 Å². The summed E-state index contributed by atoms with van der Waals surface area (Å²) in [6.07, 6.45) is 0. The second kappa shape index (κ2) is 9.54. The maximum Gasteiger partial charge on any atom is 0.282 e. The number of nitrogens with one attached hydrogen (secondary N) is 2.